The van der Waals surface area contributed by atoms with E-state index >= 15 is 0 Å². The lowest BCUT2D eigenvalue weighted by atomic mass is 9.82. The van der Waals surface area contributed by atoms with Crippen molar-refractivity contribution in [1.29, 1.82) is 0 Å². The molecule has 0 bridgehead atoms. The van der Waals surface area contributed by atoms with E-state index in [0.717, 1.165) is 12.8 Å². The average Bonchev–Trinajstić information content (AvgIpc) is 2.22. The number of hydrogen-bond acceptors (Lipinski definition) is 6. The van der Waals surface area contributed by atoms with E-state index in [2.05, 4.69) is 10.3 Å². The summed E-state index contributed by atoms with van der Waals surface area (Å²) in [7, 11) is 0. The third kappa shape index (κ3) is 2.82. The van der Waals surface area contributed by atoms with E-state index in [1.54, 1.807) is 0 Å². The Kier molecular flexibility index (Phi) is 3.10. The van der Waals surface area contributed by atoms with Gasteiger partial charge >= 0.3 is 0 Å². The van der Waals surface area contributed by atoms with Crippen molar-refractivity contribution >= 4 is 17.3 Å². The third-order valence-corrected chi connectivity index (χ3v) is 2.82. The Labute approximate surface area is 97.8 Å². The summed E-state index contributed by atoms with van der Waals surface area (Å²) in [6.45, 7) is 0.644. The molecule has 0 aromatic carbocycles. The molecule has 1 saturated carbocycles. The molecule has 7 nitrogen and oxygen atoms in total. The first-order valence-electron chi connectivity index (χ1n) is 5.38. The quantitative estimate of drug-likeness (QED) is 0.527. The number of nitrogens with zero attached hydrogens (tertiary/aromatic N) is 2. The smallest absolute Gasteiger partial charge is 0.276 e. The van der Waals surface area contributed by atoms with Crippen LogP contribution in [0.15, 0.2) is 12.1 Å². The highest BCUT2D eigenvalue weighted by Gasteiger charge is 2.26. The summed E-state index contributed by atoms with van der Waals surface area (Å²) in [6.07, 6.45) is 1.32. The minimum Gasteiger partial charge on any atom is -0.393 e. The highest BCUT2D eigenvalue weighted by Crippen LogP contribution is 2.27. The SMILES string of the molecule is Nc1cc([N+](=O)[O-])cc(NCC2CC(O)C2)n1. The summed E-state index contributed by atoms with van der Waals surface area (Å²) >= 11 is 0. The number of rotatable bonds is 4. The fourth-order valence-corrected chi connectivity index (χ4v) is 1.85. The first-order chi connectivity index (χ1) is 8.04. The summed E-state index contributed by atoms with van der Waals surface area (Å²) in [5.41, 5.74) is 5.40. The topological polar surface area (TPSA) is 114 Å². The predicted molar refractivity (Wildman–Crippen MR) is 62.5 cm³/mol. The summed E-state index contributed by atoms with van der Waals surface area (Å²) < 4.78 is 0. The molecule has 1 fully saturated rings. The van der Waals surface area contributed by atoms with Crippen LogP contribution in [0.25, 0.3) is 0 Å². The number of aliphatic hydroxyl groups is 1. The van der Waals surface area contributed by atoms with Crippen molar-refractivity contribution in [2.45, 2.75) is 18.9 Å². The van der Waals surface area contributed by atoms with Gasteiger partial charge in [0.15, 0.2) is 0 Å². The number of nitro groups is 1. The van der Waals surface area contributed by atoms with E-state index in [0.29, 0.717) is 18.3 Å². The summed E-state index contributed by atoms with van der Waals surface area (Å²) in [6, 6.07) is 2.57. The van der Waals surface area contributed by atoms with Gasteiger partial charge in [0, 0.05) is 6.54 Å². The van der Waals surface area contributed by atoms with Gasteiger partial charge in [-0.3, -0.25) is 10.1 Å². The second-order valence-electron chi connectivity index (χ2n) is 4.26. The molecule has 1 aromatic heterocycles. The second-order valence-corrected chi connectivity index (χ2v) is 4.26. The number of nitrogens with one attached hydrogen (secondary N) is 1. The Bertz CT molecular complexity index is 432. The van der Waals surface area contributed by atoms with E-state index in [1.807, 2.05) is 0 Å². The van der Waals surface area contributed by atoms with Crippen molar-refractivity contribution in [3.63, 3.8) is 0 Å². The molecule has 0 amide bonds. The molecule has 1 aromatic rings. The second kappa shape index (κ2) is 4.54. The van der Waals surface area contributed by atoms with Gasteiger partial charge in [-0.25, -0.2) is 4.98 Å². The third-order valence-electron chi connectivity index (χ3n) is 2.82. The zero-order chi connectivity index (χ0) is 12.4. The van der Waals surface area contributed by atoms with Gasteiger partial charge in [0.2, 0.25) is 0 Å². The average molecular weight is 238 g/mol. The lowest BCUT2D eigenvalue weighted by Gasteiger charge is -2.31. The molecular formula is C10H14N4O3. The van der Waals surface area contributed by atoms with Gasteiger partial charge in [-0.1, -0.05) is 0 Å². The van der Waals surface area contributed by atoms with E-state index in [1.165, 1.54) is 12.1 Å². The fourth-order valence-electron chi connectivity index (χ4n) is 1.85. The molecule has 7 heteroatoms. The van der Waals surface area contributed by atoms with E-state index < -0.39 is 4.92 Å². The van der Waals surface area contributed by atoms with E-state index in [9.17, 15) is 10.1 Å². The molecule has 1 heterocycles. The van der Waals surface area contributed by atoms with Crippen LogP contribution in [0.1, 0.15) is 12.8 Å². The minimum atomic E-state index is -0.504. The van der Waals surface area contributed by atoms with Crippen LogP contribution in [0.3, 0.4) is 0 Å². The Balaban J connectivity index is 1.98. The largest absolute Gasteiger partial charge is 0.393 e. The zero-order valence-corrected chi connectivity index (χ0v) is 9.17. The summed E-state index contributed by atoms with van der Waals surface area (Å²) in [4.78, 5) is 14.1. The molecule has 0 radical (unpaired) electrons. The van der Waals surface area contributed by atoms with Crippen molar-refractivity contribution in [2.24, 2.45) is 5.92 Å². The molecule has 1 aliphatic carbocycles. The van der Waals surface area contributed by atoms with Crippen molar-refractivity contribution in [2.75, 3.05) is 17.6 Å². The predicted octanol–water partition coefficient (Wildman–Crippen LogP) is 0.755. The number of pyridine rings is 1. The van der Waals surface area contributed by atoms with E-state index in [-0.39, 0.29) is 17.6 Å². The van der Waals surface area contributed by atoms with Crippen LogP contribution in [0.4, 0.5) is 17.3 Å². The molecule has 0 aliphatic heterocycles. The summed E-state index contributed by atoms with van der Waals surface area (Å²) in [5, 5.41) is 22.7. The van der Waals surface area contributed by atoms with E-state index in [4.69, 9.17) is 10.8 Å². The number of nitrogens with two attached hydrogens (primary N) is 1. The first kappa shape index (κ1) is 11.6. The molecule has 92 valence electrons. The van der Waals surface area contributed by atoms with Gasteiger partial charge in [-0.15, -0.1) is 0 Å². The highest BCUT2D eigenvalue weighted by molar-refractivity contribution is 5.52. The molecule has 0 spiro atoms. The Hall–Kier alpha value is -1.89. The molecular weight excluding hydrogens is 224 g/mol. The van der Waals surface area contributed by atoms with Crippen LogP contribution in [0.5, 0.6) is 0 Å². The molecule has 0 atom stereocenters. The van der Waals surface area contributed by atoms with Gasteiger partial charge < -0.3 is 16.2 Å². The van der Waals surface area contributed by atoms with Crippen LogP contribution in [-0.4, -0.2) is 27.7 Å². The van der Waals surface area contributed by atoms with Gasteiger partial charge in [-0.05, 0) is 18.8 Å². The lowest BCUT2D eigenvalue weighted by molar-refractivity contribution is -0.384. The Morgan fingerprint density at radius 3 is 2.88 bits per heavy atom. The molecule has 0 unspecified atom stereocenters. The standard InChI is InChI=1S/C10H14N4O3/c11-9-3-7(14(16)17)4-10(13-9)12-5-6-1-8(15)2-6/h3-4,6,8,15H,1-2,5H2,(H3,11,12,13). The van der Waals surface area contributed by atoms with Crippen LogP contribution >= 0.6 is 0 Å². The lowest BCUT2D eigenvalue weighted by Crippen LogP contribution is -2.33. The van der Waals surface area contributed by atoms with Crippen molar-refractivity contribution in [3.8, 4) is 0 Å². The molecule has 17 heavy (non-hydrogen) atoms. The van der Waals surface area contributed by atoms with Gasteiger partial charge in [-0.2, -0.15) is 0 Å². The number of nitrogen functional groups attached to an aromatic ring is 1. The maximum Gasteiger partial charge on any atom is 0.276 e. The van der Waals surface area contributed by atoms with Crippen LogP contribution in [0, 0.1) is 16.0 Å². The minimum absolute atomic E-state index is 0.0753. The first-order valence-corrected chi connectivity index (χ1v) is 5.38. The monoisotopic (exact) mass is 238 g/mol. The Morgan fingerprint density at radius 1 is 1.59 bits per heavy atom. The molecule has 4 N–H and O–H groups in total. The number of aromatic nitrogens is 1. The van der Waals surface area contributed by atoms with Gasteiger partial charge in [0.1, 0.15) is 11.6 Å². The van der Waals surface area contributed by atoms with Crippen LogP contribution in [0.2, 0.25) is 0 Å². The fraction of sp³-hybridized carbons (Fsp3) is 0.500. The molecule has 2 rings (SSSR count). The highest BCUT2D eigenvalue weighted by atomic mass is 16.6. The number of anilines is 2. The summed E-state index contributed by atoms with van der Waals surface area (Å²) in [5.74, 6) is 0.917. The van der Waals surface area contributed by atoms with Crippen LogP contribution < -0.4 is 11.1 Å². The Morgan fingerprint density at radius 2 is 2.29 bits per heavy atom. The zero-order valence-electron chi connectivity index (χ0n) is 9.17. The van der Waals surface area contributed by atoms with Crippen LogP contribution in [-0.2, 0) is 0 Å². The van der Waals surface area contributed by atoms with Gasteiger partial charge in [0.25, 0.3) is 5.69 Å². The van der Waals surface area contributed by atoms with Crippen molar-refractivity contribution in [3.05, 3.63) is 22.2 Å². The maximum atomic E-state index is 10.6. The normalized spacial score (nSPS) is 22.9. The van der Waals surface area contributed by atoms with Gasteiger partial charge in [0.05, 0.1) is 23.2 Å². The number of aliphatic hydroxyl groups excluding tert-OH is 1. The maximum absolute atomic E-state index is 10.6. The molecule has 0 saturated heterocycles. The van der Waals surface area contributed by atoms with Crippen molar-refractivity contribution in [1.82, 2.24) is 4.98 Å². The number of hydrogen-bond donors (Lipinski definition) is 3. The molecule has 1 aliphatic rings. The van der Waals surface area contributed by atoms with Crippen molar-refractivity contribution < 1.29 is 10.0 Å².